The number of para-hydroxylation sites is 1. The van der Waals surface area contributed by atoms with Crippen LogP contribution in [0.15, 0.2) is 53.0 Å². The standard InChI is InChI=1S/C20H17BrN2O6/c1-12(24)23-17-9-4-3-8-15(17)18(25)20(23,19(26)29-2)16(11-22(27)28)13-6-5-7-14(21)10-13/h3-10,16H,11H2,1-2H3/t16-,20+/m1/s1. The molecule has 3 rings (SSSR count). The number of anilines is 1. The summed E-state index contributed by atoms with van der Waals surface area (Å²) in [5.74, 6) is -3.61. The lowest BCUT2D eigenvalue weighted by molar-refractivity contribution is -0.484. The smallest absolute Gasteiger partial charge is 0.341 e. The molecule has 1 amide bonds. The van der Waals surface area contributed by atoms with Crippen molar-refractivity contribution in [3.8, 4) is 0 Å². The summed E-state index contributed by atoms with van der Waals surface area (Å²) in [6, 6.07) is 12.8. The van der Waals surface area contributed by atoms with Gasteiger partial charge in [-0.2, -0.15) is 0 Å². The maximum atomic E-state index is 13.6. The summed E-state index contributed by atoms with van der Waals surface area (Å²) in [6.45, 7) is 0.451. The Hall–Kier alpha value is -3.07. The van der Waals surface area contributed by atoms with Gasteiger partial charge in [0.25, 0.3) is 0 Å². The fourth-order valence-electron chi connectivity index (χ4n) is 3.92. The minimum Gasteiger partial charge on any atom is -0.467 e. The molecule has 0 aliphatic carbocycles. The minimum absolute atomic E-state index is 0.136. The second-order valence-electron chi connectivity index (χ2n) is 6.58. The van der Waals surface area contributed by atoms with E-state index in [0.29, 0.717) is 10.0 Å². The van der Waals surface area contributed by atoms with Gasteiger partial charge in [0.2, 0.25) is 23.8 Å². The molecule has 29 heavy (non-hydrogen) atoms. The Labute approximate surface area is 174 Å². The van der Waals surface area contributed by atoms with Gasteiger partial charge in [-0.1, -0.05) is 40.2 Å². The van der Waals surface area contributed by atoms with Crippen LogP contribution in [-0.4, -0.2) is 41.8 Å². The van der Waals surface area contributed by atoms with Gasteiger partial charge in [-0.05, 0) is 29.8 Å². The zero-order valence-corrected chi connectivity index (χ0v) is 17.2. The number of fused-ring (bicyclic) bond motifs is 1. The van der Waals surface area contributed by atoms with Crippen LogP contribution in [0.2, 0.25) is 0 Å². The molecule has 9 heteroatoms. The van der Waals surface area contributed by atoms with Crippen molar-refractivity contribution in [1.29, 1.82) is 0 Å². The molecule has 0 unspecified atom stereocenters. The number of nitrogens with zero attached hydrogens (tertiary/aromatic N) is 2. The molecule has 150 valence electrons. The van der Waals surface area contributed by atoms with E-state index >= 15 is 0 Å². The number of nitro groups is 1. The number of benzene rings is 2. The average Bonchev–Trinajstić information content (AvgIpc) is 2.95. The number of methoxy groups -OCH3 is 1. The van der Waals surface area contributed by atoms with E-state index in [4.69, 9.17) is 4.74 Å². The van der Waals surface area contributed by atoms with E-state index < -0.39 is 40.6 Å². The number of hydrogen-bond donors (Lipinski definition) is 0. The lowest BCUT2D eigenvalue weighted by atomic mass is 9.75. The van der Waals surface area contributed by atoms with Crippen molar-refractivity contribution in [2.75, 3.05) is 18.6 Å². The van der Waals surface area contributed by atoms with Crippen LogP contribution in [0.25, 0.3) is 0 Å². The van der Waals surface area contributed by atoms with Crippen molar-refractivity contribution in [1.82, 2.24) is 0 Å². The van der Waals surface area contributed by atoms with E-state index in [1.54, 1.807) is 36.4 Å². The number of carbonyl (C=O) groups is 3. The quantitative estimate of drug-likeness (QED) is 0.293. The molecule has 0 saturated heterocycles. The van der Waals surface area contributed by atoms with Crippen molar-refractivity contribution >= 4 is 39.3 Å². The summed E-state index contributed by atoms with van der Waals surface area (Å²) in [4.78, 5) is 51.4. The van der Waals surface area contributed by atoms with Crippen LogP contribution in [0.4, 0.5) is 5.69 Å². The zero-order chi connectivity index (χ0) is 21.3. The fourth-order valence-corrected chi connectivity index (χ4v) is 4.34. The number of hydrogen-bond acceptors (Lipinski definition) is 6. The number of rotatable bonds is 5. The normalized spacial score (nSPS) is 18.9. The van der Waals surface area contributed by atoms with Crippen molar-refractivity contribution < 1.29 is 24.0 Å². The lowest BCUT2D eigenvalue weighted by Crippen LogP contribution is -2.63. The molecular weight excluding hydrogens is 444 g/mol. The summed E-state index contributed by atoms with van der Waals surface area (Å²) in [5, 5.41) is 11.6. The highest BCUT2D eigenvalue weighted by molar-refractivity contribution is 9.10. The second kappa shape index (κ2) is 7.75. The van der Waals surface area contributed by atoms with Gasteiger partial charge in [-0.25, -0.2) is 4.79 Å². The van der Waals surface area contributed by atoms with Crippen LogP contribution < -0.4 is 4.90 Å². The van der Waals surface area contributed by atoms with Crippen LogP contribution >= 0.6 is 15.9 Å². The van der Waals surface area contributed by atoms with E-state index in [2.05, 4.69) is 15.9 Å². The summed E-state index contributed by atoms with van der Waals surface area (Å²) in [5.41, 5.74) is -1.51. The molecular formula is C20H17BrN2O6. The molecule has 0 fully saturated rings. The first kappa shape index (κ1) is 20.7. The molecule has 0 spiro atoms. The van der Waals surface area contributed by atoms with Gasteiger partial charge in [-0.15, -0.1) is 0 Å². The number of ketones is 1. The van der Waals surface area contributed by atoms with Gasteiger partial charge in [0.1, 0.15) is 0 Å². The molecule has 0 radical (unpaired) electrons. The number of halogens is 1. The van der Waals surface area contributed by atoms with Crippen molar-refractivity contribution in [2.45, 2.75) is 18.4 Å². The van der Waals surface area contributed by atoms with Gasteiger partial charge in [0.15, 0.2) is 0 Å². The zero-order valence-electron chi connectivity index (χ0n) is 15.6. The first-order chi connectivity index (χ1) is 13.7. The molecule has 1 aliphatic rings. The van der Waals surface area contributed by atoms with Crippen LogP contribution in [0.5, 0.6) is 0 Å². The first-order valence-electron chi connectivity index (χ1n) is 8.65. The highest BCUT2D eigenvalue weighted by Crippen LogP contribution is 2.47. The Bertz CT molecular complexity index is 1020. The number of carbonyl (C=O) groups excluding carboxylic acids is 3. The maximum absolute atomic E-state index is 13.6. The van der Waals surface area contributed by atoms with Crippen LogP contribution in [0, 0.1) is 10.1 Å². The molecule has 0 saturated carbocycles. The van der Waals surface area contributed by atoms with E-state index in [1.165, 1.54) is 19.1 Å². The average molecular weight is 461 g/mol. The molecule has 8 nitrogen and oxygen atoms in total. The monoisotopic (exact) mass is 460 g/mol. The lowest BCUT2D eigenvalue weighted by Gasteiger charge is -2.38. The van der Waals surface area contributed by atoms with Crippen molar-refractivity contribution in [3.63, 3.8) is 0 Å². The largest absolute Gasteiger partial charge is 0.467 e. The minimum atomic E-state index is -2.22. The molecule has 0 N–H and O–H groups in total. The molecule has 0 aromatic heterocycles. The summed E-state index contributed by atoms with van der Waals surface area (Å²) >= 11 is 3.31. The van der Waals surface area contributed by atoms with Crippen LogP contribution in [0.3, 0.4) is 0 Å². The molecule has 1 aliphatic heterocycles. The van der Waals surface area contributed by atoms with E-state index in [-0.39, 0.29) is 11.3 Å². The van der Waals surface area contributed by atoms with Crippen molar-refractivity contribution in [2.24, 2.45) is 0 Å². The number of amides is 1. The molecule has 2 aromatic carbocycles. The predicted octanol–water partition coefficient (Wildman–Crippen LogP) is 2.97. The Balaban J connectivity index is 2.38. The maximum Gasteiger partial charge on any atom is 0.341 e. The highest BCUT2D eigenvalue weighted by atomic mass is 79.9. The van der Waals surface area contributed by atoms with Gasteiger partial charge < -0.3 is 4.74 Å². The topological polar surface area (TPSA) is 107 Å². The Morgan fingerprint density at radius 1 is 1.24 bits per heavy atom. The predicted molar refractivity (Wildman–Crippen MR) is 107 cm³/mol. The highest BCUT2D eigenvalue weighted by Gasteiger charge is 2.65. The van der Waals surface area contributed by atoms with E-state index in [9.17, 15) is 24.5 Å². The molecule has 0 bridgehead atoms. The Morgan fingerprint density at radius 2 is 1.93 bits per heavy atom. The fraction of sp³-hybridized carbons (Fsp3) is 0.250. The van der Waals surface area contributed by atoms with E-state index in [1.807, 2.05) is 0 Å². The van der Waals surface area contributed by atoms with Crippen molar-refractivity contribution in [3.05, 3.63) is 74.2 Å². The molecule has 2 atom stereocenters. The van der Waals surface area contributed by atoms with Gasteiger partial charge in [0, 0.05) is 21.9 Å². The third-order valence-electron chi connectivity index (χ3n) is 4.99. The van der Waals surface area contributed by atoms with Crippen LogP contribution in [-0.2, 0) is 14.3 Å². The Morgan fingerprint density at radius 3 is 2.52 bits per heavy atom. The molecule has 2 aromatic rings. The van der Waals surface area contributed by atoms with Gasteiger partial charge in [0.05, 0.1) is 18.7 Å². The summed E-state index contributed by atoms with van der Waals surface area (Å²) < 4.78 is 5.56. The Kier molecular flexibility index (Phi) is 5.52. The number of Topliss-reactive ketones (excluding diaryl/α,β-unsaturated/α-hetero) is 1. The van der Waals surface area contributed by atoms with Gasteiger partial charge in [-0.3, -0.25) is 24.6 Å². The summed E-state index contributed by atoms with van der Waals surface area (Å²) in [6.07, 6.45) is 0. The SMILES string of the molecule is COC(=O)[C@]1([C@H](C[N+](=O)[O-])c2cccc(Br)c2)C(=O)c2ccccc2N1C(C)=O. The number of ether oxygens (including phenoxy) is 1. The first-order valence-corrected chi connectivity index (χ1v) is 9.44. The third-order valence-corrected chi connectivity index (χ3v) is 5.48. The second-order valence-corrected chi connectivity index (χ2v) is 7.50. The van der Waals surface area contributed by atoms with E-state index in [0.717, 1.165) is 12.0 Å². The van der Waals surface area contributed by atoms with Crippen LogP contribution in [0.1, 0.15) is 28.8 Å². The molecule has 1 heterocycles. The number of esters is 1. The summed E-state index contributed by atoms with van der Waals surface area (Å²) in [7, 11) is 1.09. The van der Waals surface area contributed by atoms with Gasteiger partial charge >= 0.3 is 5.97 Å². The third kappa shape index (κ3) is 3.21.